The summed E-state index contributed by atoms with van der Waals surface area (Å²) >= 11 is 1.68. The lowest BCUT2D eigenvalue weighted by Gasteiger charge is -2.33. The molecule has 2 aromatic carbocycles. The number of benzene rings is 2. The van der Waals surface area contributed by atoms with Crippen LogP contribution in [0.2, 0.25) is 0 Å². The fourth-order valence-electron chi connectivity index (χ4n) is 4.63. The first kappa shape index (κ1) is 21.6. The zero-order valence-corrected chi connectivity index (χ0v) is 19.3. The van der Waals surface area contributed by atoms with Crippen LogP contribution in [0.1, 0.15) is 43.2 Å². The van der Waals surface area contributed by atoms with E-state index in [4.69, 9.17) is 0 Å². The van der Waals surface area contributed by atoms with Crippen LogP contribution in [0, 0.1) is 5.92 Å². The van der Waals surface area contributed by atoms with Gasteiger partial charge in [0.1, 0.15) is 12.1 Å². The molecule has 170 valence electrons. The van der Waals surface area contributed by atoms with E-state index in [1.165, 1.54) is 4.70 Å². The van der Waals surface area contributed by atoms with Crippen LogP contribution in [0.3, 0.4) is 0 Å². The second-order valence-electron chi connectivity index (χ2n) is 9.08. The zero-order valence-electron chi connectivity index (χ0n) is 18.5. The van der Waals surface area contributed by atoms with Crippen molar-refractivity contribution in [3.63, 3.8) is 0 Å². The monoisotopic (exact) mass is 462 g/mol. The summed E-state index contributed by atoms with van der Waals surface area (Å²) in [7, 11) is 0. The van der Waals surface area contributed by atoms with Crippen LogP contribution in [-0.4, -0.2) is 39.8 Å². The van der Waals surface area contributed by atoms with E-state index >= 15 is 0 Å². The van der Waals surface area contributed by atoms with Crippen molar-refractivity contribution in [1.29, 1.82) is 0 Å². The second kappa shape index (κ2) is 8.59. The first-order chi connectivity index (χ1) is 15.9. The van der Waals surface area contributed by atoms with Crippen molar-refractivity contribution >= 4 is 45.1 Å². The predicted octanol–water partition coefficient (Wildman–Crippen LogP) is 4.33. The maximum Gasteiger partial charge on any atom is 0.325 e. The average molecular weight is 463 g/mol. The van der Waals surface area contributed by atoms with Gasteiger partial charge in [-0.2, -0.15) is 0 Å². The van der Waals surface area contributed by atoms with Gasteiger partial charge in [-0.1, -0.05) is 31.2 Å². The summed E-state index contributed by atoms with van der Waals surface area (Å²) in [4.78, 5) is 43.6. The molecule has 2 aliphatic rings. The van der Waals surface area contributed by atoms with Crippen molar-refractivity contribution in [3.05, 3.63) is 59.1 Å². The molecule has 1 saturated carbocycles. The van der Waals surface area contributed by atoms with Crippen LogP contribution >= 0.6 is 11.3 Å². The molecule has 7 nitrogen and oxygen atoms in total. The van der Waals surface area contributed by atoms with Gasteiger partial charge in [-0.05, 0) is 61.4 Å². The summed E-state index contributed by atoms with van der Waals surface area (Å²) in [5.74, 6) is -0.116. The molecule has 0 unspecified atom stereocenters. The number of rotatable bonds is 5. The van der Waals surface area contributed by atoms with Gasteiger partial charge in [0, 0.05) is 12.1 Å². The molecular formula is C25H26N4O3S. The Balaban J connectivity index is 1.19. The average Bonchev–Trinajstić information content (AvgIpc) is 3.31. The van der Waals surface area contributed by atoms with E-state index in [1.54, 1.807) is 11.3 Å². The highest BCUT2D eigenvalue weighted by Gasteiger charge is 2.52. The number of thiazole rings is 1. The maximum absolute atomic E-state index is 12.9. The molecule has 5 rings (SSSR count). The topological polar surface area (TPSA) is 91.4 Å². The van der Waals surface area contributed by atoms with E-state index in [0.29, 0.717) is 24.4 Å². The SMILES string of the molecule is CC1CCC2(CC1)NC(=O)N(CC(=O)Nc1ccc(Cc3nc4ccccc4s3)cc1)C2=O. The van der Waals surface area contributed by atoms with Crippen LogP contribution in [0.5, 0.6) is 0 Å². The van der Waals surface area contributed by atoms with Gasteiger partial charge in [-0.15, -0.1) is 11.3 Å². The van der Waals surface area contributed by atoms with Crippen molar-refractivity contribution in [3.8, 4) is 0 Å². The highest BCUT2D eigenvalue weighted by Crippen LogP contribution is 2.36. The van der Waals surface area contributed by atoms with Crippen molar-refractivity contribution in [2.24, 2.45) is 5.92 Å². The second-order valence-corrected chi connectivity index (χ2v) is 10.2. The fraction of sp³-hybridized carbons (Fsp3) is 0.360. The molecule has 1 aromatic heterocycles. The van der Waals surface area contributed by atoms with Gasteiger partial charge in [0.05, 0.1) is 15.2 Å². The van der Waals surface area contributed by atoms with Gasteiger partial charge in [-0.25, -0.2) is 9.78 Å². The number of carbonyl (C=O) groups excluding carboxylic acids is 3. The third-order valence-corrected chi connectivity index (χ3v) is 7.64. The first-order valence-electron chi connectivity index (χ1n) is 11.3. The van der Waals surface area contributed by atoms with Crippen molar-refractivity contribution in [2.75, 3.05) is 11.9 Å². The lowest BCUT2D eigenvalue weighted by Crippen LogP contribution is -2.49. The number of nitrogens with zero attached hydrogens (tertiary/aromatic N) is 2. The molecule has 3 aromatic rings. The van der Waals surface area contributed by atoms with E-state index in [2.05, 4.69) is 28.6 Å². The van der Waals surface area contributed by atoms with E-state index < -0.39 is 17.5 Å². The Hall–Kier alpha value is -3.26. The predicted molar refractivity (Wildman–Crippen MR) is 128 cm³/mol. The minimum absolute atomic E-state index is 0.277. The number of hydrogen-bond donors (Lipinski definition) is 2. The van der Waals surface area contributed by atoms with Crippen molar-refractivity contribution in [1.82, 2.24) is 15.2 Å². The maximum atomic E-state index is 12.9. The fourth-order valence-corrected chi connectivity index (χ4v) is 5.64. The van der Waals surface area contributed by atoms with Gasteiger partial charge in [-0.3, -0.25) is 14.5 Å². The lowest BCUT2D eigenvalue weighted by molar-refractivity contribution is -0.135. The molecule has 2 heterocycles. The number of aromatic nitrogens is 1. The number of carbonyl (C=O) groups is 3. The highest BCUT2D eigenvalue weighted by atomic mass is 32.1. The molecule has 8 heteroatoms. The Labute approximate surface area is 196 Å². The number of anilines is 1. The molecule has 2 N–H and O–H groups in total. The molecule has 0 radical (unpaired) electrons. The summed E-state index contributed by atoms with van der Waals surface area (Å²) in [5.41, 5.74) is 1.90. The number of amides is 4. The molecule has 2 fully saturated rings. The number of fused-ring (bicyclic) bond motifs is 1. The number of nitrogens with one attached hydrogen (secondary N) is 2. The van der Waals surface area contributed by atoms with Crippen molar-refractivity contribution in [2.45, 2.75) is 44.6 Å². The third kappa shape index (κ3) is 4.35. The Morgan fingerprint density at radius 1 is 1.15 bits per heavy atom. The number of hydrogen-bond acceptors (Lipinski definition) is 5. The Kier molecular flexibility index (Phi) is 5.62. The highest BCUT2D eigenvalue weighted by molar-refractivity contribution is 7.18. The third-order valence-electron chi connectivity index (χ3n) is 6.61. The summed E-state index contributed by atoms with van der Waals surface area (Å²) in [6.45, 7) is 1.87. The summed E-state index contributed by atoms with van der Waals surface area (Å²) in [6, 6.07) is 15.2. The van der Waals surface area contributed by atoms with Gasteiger partial charge >= 0.3 is 6.03 Å². The van der Waals surface area contributed by atoms with Crippen molar-refractivity contribution < 1.29 is 14.4 Å². The first-order valence-corrected chi connectivity index (χ1v) is 12.1. The van der Waals surface area contributed by atoms with Crippen LogP contribution in [0.4, 0.5) is 10.5 Å². The molecule has 1 saturated heterocycles. The van der Waals surface area contributed by atoms with Gasteiger partial charge in [0.2, 0.25) is 5.91 Å². The van der Waals surface area contributed by atoms with Gasteiger partial charge < -0.3 is 10.6 Å². The van der Waals surface area contributed by atoms with Crippen LogP contribution in [-0.2, 0) is 16.0 Å². The summed E-state index contributed by atoms with van der Waals surface area (Å²) < 4.78 is 1.17. The largest absolute Gasteiger partial charge is 0.325 e. The molecule has 1 spiro atoms. The Bertz CT molecular complexity index is 1180. The quantitative estimate of drug-likeness (QED) is 0.552. The Morgan fingerprint density at radius 2 is 1.88 bits per heavy atom. The van der Waals surface area contributed by atoms with E-state index in [9.17, 15) is 14.4 Å². The van der Waals surface area contributed by atoms with Crippen LogP contribution in [0.15, 0.2) is 48.5 Å². The van der Waals surface area contributed by atoms with E-state index in [1.807, 2.05) is 42.5 Å². The molecule has 0 bridgehead atoms. The van der Waals surface area contributed by atoms with E-state index in [0.717, 1.165) is 40.3 Å². The van der Waals surface area contributed by atoms with E-state index in [-0.39, 0.29) is 12.5 Å². The summed E-state index contributed by atoms with van der Waals surface area (Å²) in [6.07, 6.45) is 3.78. The van der Waals surface area contributed by atoms with Gasteiger partial charge in [0.25, 0.3) is 5.91 Å². The molecule has 33 heavy (non-hydrogen) atoms. The standard InChI is InChI=1S/C25H26N4O3S/c1-16-10-12-25(13-11-16)23(31)29(24(32)28-25)15-21(30)26-18-8-6-17(7-9-18)14-22-27-19-4-2-3-5-20(19)33-22/h2-9,16H,10-15H2,1H3,(H,26,30)(H,28,32). The molecular weight excluding hydrogens is 436 g/mol. The van der Waals surface area contributed by atoms with Crippen LogP contribution < -0.4 is 10.6 Å². The lowest BCUT2D eigenvalue weighted by atomic mass is 9.77. The van der Waals surface area contributed by atoms with Gasteiger partial charge in [0.15, 0.2) is 0 Å². The minimum Gasteiger partial charge on any atom is -0.325 e. The van der Waals surface area contributed by atoms with Crippen LogP contribution in [0.25, 0.3) is 10.2 Å². The minimum atomic E-state index is -0.827. The molecule has 4 amide bonds. The molecule has 1 aliphatic heterocycles. The number of urea groups is 1. The Morgan fingerprint density at radius 3 is 2.61 bits per heavy atom. The molecule has 1 aliphatic carbocycles. The molecule has 0 atom stereocenters. The smallest absolute Gasteiger partial charge is 0.325 e. The number of para-hydroxylation sites is 1. The number of imide groups is 1. The zero-order chi connectivity index (χ0) is 23.0. The summed E-state index contributed by atoms with van der Waals surface area (Å²) in [5, 5.41) is 6.69. The normalized spacial score (nSPS) is 22.7.